The zero-order valence-electron chi connectivity index (χ0n) is 10.8. The van der Waals surface area contributed by atoms with Gasteiger partial charge in [0.1, 0.15) is 5.82 Å². The Hall–Kier alpha value is -0.940. The molecule has 0 fully saturated rings. The Morgan fingerprint density at radius 2 is 2.11 bits per heavy atom. The zero-order valence-corrected chi connectivity index (χ0v) is 12.3. The van der Waals surface area contributed by atoms with Gasteiger partial charge in [0.05, 0.1) is 5.54 Å². The Bertz CT molecular complexity index is 430. The quantitative estimate of drug-likeness (QED) is 0.897. The van der Waals surface area contributed by atoms with Crippen LogP contribution >= 0.6 is 15.9 Å². The molecule has 0 spiro atoms. The van der Waals surface area contributed by atoms with Gasteiger partial charge in [-0.25, -0.2) is 4.39 Å². The summed E-state index contributed by atoms with van der Waals surface area (Å²) in [5.41, 5.74) is 5.47. The van der Waals surface area contributed by atoms with E-state index in [1.54, 1.807) is 6.07 Å². The van der Waals surface area contributed by atoms with E-state index in [2.05, 4.69) is 21.2 Å². The van der Waals surface area contributed by atoms with Crippen LogP contribution in [-0.4, -0.2) is 18.0 Å². The minimum absolute atomic E-state index is 0.184. The molecule has 1 atom stereocenters. The number of rotatable bonds is 4. The van der Waals surface area contributed by atoms with Gasteiger partial charge in [0.25, 0.3) is 5.91 Å². The molecule has 1 amide bonds. The van der Waals surface area contributed by atoms with E-state index < -0.39 is 11.4 Å². The highest BCUT2D eigenvalue weighted by Gasteiger charge is 2.29. The Kier molecular flexibility index (Phi) is 4.87. The van der Waals surface area contributed by atoms with Crippen LogP contribution in [0.15, 0.2) is 22.7 Å². The van der Waals surface area contributed by atoms with Gasteiger partial charge in [-0.1, -0.05) is 29.8 Å². The number of hydrogen-bond donors (Lipinski definition) is 2. The number of carbonyl (C=O) groups excluding carboxylic acids is 1. The fourth-order valence-corrected chi connectivity index (χ4v) is 1.91. The maximum absolute atomic E-state index is 13.2. The average molecular weight is 317 g/mol. The fraction of sp³-hybridized carbons (Fsp3) is 0.462. The lowest BCUT2D eigenvalue weighted by molar-refractivity contribution is 0.0882. The molecule has 0 radical (unpaired) electrons. The van der Waals surface area contributed by atoms with E-state index in [-0.39, 0.29) is 17.4 Å². The molecule has 18 heavy (non-hydrogen) atoms. The molecule has 0 aromatic heterocycles. The smallest absolute Gasteiger partial charge is 0.251 e. The van der Waals surface area contributed by atoms with E-state index in [9.17, 15) is 9.18 Å². The molecular weight excluding hydrogens is 299 g/mol. The number of nitrogens with two attached hydrogens (primary N) is 1. The van der Waals surface area contributed by atoms with Gasteiger partial charge in [0.15, 0.2) is 0 Å². The van der Waals surface area contributed by atoms with Crippen molar-refractivity contribution in [1.82, 2.24) is 5.32 Å². The molecule has 1 rings (SSSR count). The van der Waals surface area contributed by atoms with Gasteiger partial charge < -0.3 is 11.1 Å². The molecule has 3 nitrogen and oxygen atoms in total. The maximum Gasteiger partial charge on any atom is 0.251 e. The molecule has 0 aliphatic heterocycles. The Balaban J connectivity index is 2.94. The van der Waals surface area contributed by atoms with Crippen molar-refractivity contribution in [1.29, 1.82) is 0 Å². The number of carbonyl (C=O) groups is 1. The van der Waals surface area contributed by atoms with E-state index in [1.807, 2.05) is 20.8 Å². The maximum atomic E-state index is 13.2. The van der Waals surface area contributed by atoms with Crippen LogP contribution in [0.1, 0.15) is 31.1 Å². The molecule has 1 unspecified atom stereocenters. The molecule has 0 bridgehead atoms. The zero-order chi connectivity index (χ0) is 13.9. The van der Waals surface area contributed by atoms with Crippen LogP contribution in [0.5, 0.6) is 0 Å². The summed E-state index contributed by atoms with van der Waals surface area (Å²) in [6, 6.07) is 4.09. The highest BCUT2D eigenvalue weighted by molar-refractivity contribution is 9.10. The van der Waals surface area contributed by atoms with E-state index in [0.29, 0.717) is 11.0 Å². The highest BCUT2D eigenvalue weighted by atomic mass is 79.9. The monoisotopic (exact) mass is 316 g/mol. The first-order valence-electron chi connectivity index (χ1n) is 5.77. The molecule has 3 N–H and O–H groups in total. The molecule has 1 aromatic carbocycles. The topological polar surface area (TPSA) is 55.1 Å². The summed E-state index contributed by atoms with van der Waals surface area (Å²) in [4.78, 5) is 12.1. The third kappa shape index (κ3) is 3.53. The summed E-state index contributed by atoms with van der Waals surface area (Å²) in [7, 11) is 0. The summed E-state index contributed by atoms with van der Waals surface area (Å²) >= 11 is 3.16. The third-order valence-corrected chi connectivity index (χ3v) is 3.68. The Labute approximate surface area is 115 Å². The largest absolute Gasteiger partial charge is 0.345 e. The number of halogens is 2. The summed E-state index contributed by atoms with van der Waals surface area (Å²) in [5.74, 6) is -0.589. The fourth-order valence-electron chi connectivity index (χ4n) is 1.45. The van der Waals surface area contributed by atoms with Gasteiger partial charge in [-0.15, -0.1) is 0 Å². The van der Waals surface area contributed by atoms with Crippen molar-refractivity contribution in [3.63, 3.8) is 0 Å². The van der Waals surface area contributed by atoms with E-state index >= 15 is 0 Å². The molecule has 0 heterocycles. The molecule has 0 saturated carbocycles. The molecule has 0 saturated heterocycles. The lowest BCUT2D eigenvalue weighted by Gasteiger charge is -2.33. The SMILES string of the molecule is CC(C)C(C)(CN)NC(=O)c1cc(F)cc(Br)c1. The summed E-state index contributed by atoms with van der Waals surface area (Å²) < 4.78 is 13.8. The summed E-state index contributed by atoms with van der Waals surface area (Å²) in [6.07, 6.45) is 0. The second kappa shape index (κ2) is 5.80. The second-order valence-corrected chi connectivity index (χ2v) is 5.80. The lowest BCUT2D eigenvalue weighted by atomic mass is 9.88. The van der Waals surface area contributed by atoms with Gasteiger partial charge in [-0.05, 0) is 31.0 Å². The lowest BCUT2D eigenvalue weighted by Crippen LogP contribution is -2.55. The summed E-state index contributed by atoms with van der Waals surface area (Å²) in [6.45, 7) is 6.17. The van der Waals surface area contributed by atoms with Crippen molar-refractivity contribution >= 4 is 21.8 Å². The van der Waals surface area contributed by atoms with E-state index in [4.69, 9.17) is 5.73 Å². The van der Waals surface area contributed by atoms with Crippen LogP contribution in [0.25, 0.3) is 0 Å². The van der Waals surface area contributed by atoms with Crippen LogP contribution in [0.4, 0.5) is 4.39 Å². The van der Waals surface area contributed by atoms with Crippen LogP contribution in [0.2, 0.25) is 0 Å². The van der Waals surface area contributed by atoms with Crippen molar-refractivity contribution in [2.24, 2.45) is 11.7 Å². The predicted molar refractivity (Wildman–Crippen MR) is 73.9 cm³/mol. The second-order valence-electron chi connectivity index (χ2n) is 4.89. The number of hydrogen-bond acceptors (Lipinski definition) is 2. The van der Waals surface area contributed by atoms with E-state index in [1.165, 1.54) is 12.1 Å². The minimum Gasteiger partial charge on any atom is -0.345 e. The van der Waals surface area contributed by atoms with Crippen molar-refractivity contribution in [2.75, 3.05) is 6.54 Å². The van der Waals surface area contributed by atoms with Gasteiger partial charge in [-0.3, -0.25) is 4.79 Å². The first-order valence-corrected chi connectivity index (χ1v) is 6.56. The van der Waals surface area contributed by atoms with Gasteiger partial charge in [-0.2, -0.15) is 0 Å². The molecule has 0 aliphatic rings. The molecular formula is C13H18BrFN2O. The van der Waals surface area contributed by atoms with Crippen molar-refractivity contribution < 1.29 is 9.18 Å². The normalized spacial score (nSPS) is 14.4. The van der Waals surface area contributed by atoms with Crippen molar-refractivity contribution in [3.05, 3.63) is 34.1 Å². The van der Waals surface area contributed by atoms with Crippen molar-refractivity contribution in [2.45, 2.75) is 26.3 Å². The number of amides is 1. The molecule has 100 valence electrons. The van der Waals surface area contributed by atoms with Gasteiger partial charge in [0, 0.05) is 16.6 Å². The molecule has 0 aliphatic carbocycles. The predicted octanol–water partition coefficient (Wildman–Crippen LogP) is 2.69. The molecule has 1 aromatic rings. The highest BCUT2D eigenvalue weighted by Crippen LogP contribution is 2.18. The Morgan fingerprint density at radius 3 is 2.56 bits per heavy atom. The van der Waals surface area contributed by atoms with Crippen LogP contribution < -0.4 is 11.1 Å². The minimum atomic E-state index is -0.504. The van der Waals surface area contributed by atoms with E-state index in [0.717, 1.165) is 0 Å². The number of nitrogens with one attached hydrogen (secondary N) is 1. The van der Waals surface area contributed by atoms with Gasteiger partial charge in [0.2, 0.25) is 0 Å². The Morgan fingerprint density at radius 1 is 1.50 bits per heavy atom. The van der Waals surface area contributed by atoms with Crippen LogP contribution in [0, 0.1) is 11.7 Å². The first kappa shape index (κ1) is 15.1. The average Bonchev–Trinajstić information content (AvgIpc) is 2.27. The standard InChI is InChI=1S/C13H18BrFN2O/c1-8(2)13(3,7-16)17-12(18)9-4-10(14)6-11(15)5-9/h4-6,8H,7,16H2,1-3H3,(H,17,18). The summed E-state index contributed by atoms with van der Waals surface area (Å²) in [5, 5.41) is 2.86. The first-order chi connectivity index (χ1) is 8.28. The van der Waals surface area contributed by atoms with Crippen LogP contribution in [-0.2, 0) is 0 Å². The third-order valence-electron chi connectivity index (χ3n) is 3.22. The molecule has 5 heteroatoms. The van der Waals surface area contributed by atoms with Crippen molar-refractivity contribution in [3.8, 4) is 0 Å². The van der Waals surface area contributed by atoms with Crippen LogP contribution in [0.3, 0.4) is 0 Å². The van der Waals surface area contributed by atoms with Gasteiger partial charge >= 0.3 is 0 Å². The number of benzene rings is 1.